The molecule has 0 aliphatic heterocycles. The van der Waals surface area contributed by atoms with Crippen LogP contribution in [0.5, 0.6) is 0 Å². The van der Waals surface area contributed by atoms with Crippen molar-refractivity contribution in [1.29, 1.82) is 0 Å². The van der Waals surface area contributed by atoms with Gasteiger partial charge >= 0.3 is 49.8 Å². The molecule has 0 nitrogen and oxygen atoms in total. The molecular weight excluding hydrogens is 326 g/mol. The molecule has 0 aliphatic rings. The molecule has 0 saturated heterocycles. The van der Waals surface area contributed by atoms with E-state index in [1.54, 1.807) is 0 Å². The standard InChI is InChI=1S/Al.In.Sn.Zn.10H. The van der Waals surface area contributed by atoms with E-state index < -0.39 is 0 Å². The minimum atomic E-state index is 0. The van der Waals surface area contributed by atoms with Gasteiger partial charge in [0.15, 0.2) is 17.4 Å². The van der Waals surface area contributed by atoms with Crippen LogP contribution in [-0.4, -0.2) is 67.1 Å². The summed E-state index contributed by atoms with van der Waals surface area (Å²) in [6, 6.07) is 0. The molecular formula is H10AlInSnZn. The number of rotatable bonds is 0. The van der Waals surface area contributed by atoms with E-state index in [1.165, 1.54) is 0 Å². The molecule has 0 spiro atoms. The maximum Gasteiger partial charge on any atom is 0 e. The van der Waals surface area contributed by atoms with Crippen molar-refractivity contribution in [2.45, 2.75) is 0 Å². The van der Waals surface area contributed by atoms with E-state index >= 15 is 0 Å². The van der Waals surface area contributed by atoms with Crippen LogP contribution >= 0.6 is 0 Å². The molecule has 0 heterocycles. The molecule has 0 aliphatic carbocycles. The Morgan fingerprint density at radius 3 is 1.00 bits per heavy atom. The predicted octanol–water partition coefficient (Wildman–Crippen LogP) is -3.82. The van der Waals surface area contributed by atoms with Gasteiger partial charge in [0.2, 0.25) is 0 Å². The zero-order chi connectivity index (χ0) is 0. The average molecular weight is 336 g/mol. The van der Waals surface area contributed by atoms with Gasteiger partial charge in [-0.1, -0.05) is 0 Å². The van der Waals surface area contributed by atoms with E-state index in [-0.39, 0.29) is 86.6 Å². The zero-order valence-electron chi connectivity index (χ0n) is 0.707. The third-order valence-electron chi connectivity index (χ3n) is 0. The molecule has 0 saturated carbocycles. The molecule has 0 bridgehead atoms. The Morgan fingerprint density at radius 1 is 1.00 bits per heavy atom. The summed E-state index contributed by atoms with van der Waals surface area (Å²) < 4.78 is 0. The van der Waals surface area contributed by atoms with Crippen molar-refractivity contribution in [2.24, 2.45) is 0 Å². The Hall–Kier alpha value is 2.82. The second-order valence-corrected chi connectivity index (χ2v) is 0. The Balaban J connectivity index is 0. The molecule has 0 aromatic rings. The van der Waals surface area contributed by atoms with Gasteiger partial charge in [-0.25, -0.2) is 0 Å². The van der Waals surface area contributed by atoms with E-state index in [4.69, 9.17) is 0 Å². The Bertz CT molecular complexity index is 8.00. The number of hydrogen-bond acceptors (Lipinski definition) is 0. The van der Waals surface area contributed by atoms with E-state index in [1.807, 2.05) is 0 Å². The molecule has 0 aromatic carbocycles. The molecule has 0 N–H and O–H groups in total. The Kier molecular flexibility index (Phi) is 123. The van der Waals surface area contributed by atoms with Crippen LogP contribution in [0.4, 0.5) is 0 Å². The van der Waals surface area contributed by atoms with Crippen molar-refractivity contribution in [2.75, 3.05) is 0 Å². The molecule has 4 heavy (non-hydrogen) atoms. The van der Waals surface area contributed by atoms with Crippen molar-refractivity contribution < 1.29 is 19.5 Å². The number of hydrogen-bond donors (Lipinski definition) is 0. The normalized spacial score (nSPS) is 0. The Labute approximate surface area is 85.1 Å². The first-order valence-electron chi connectivity index (χ1n) is 0. The molecule has 0 fully saturated rings. The van der Waals surface area contributed by atoms with E-state index in [0.717, 1.165) is 0 Å². The van der Waals surface area contributed by atoms with Gasteiger partial charge in [0, 0.05) is 19.5 Å². The van der Waals surface area contributed by atoms with Gasteiger partial charge in [-0.3, -0.25) is 0 Å². The third-order valence-corrected chi connectivity index (χ3v) is 0. The zero-order valence-corrected chi connectivity index (χ0v) is 3.67. The van der Waals surface area contributed by atoms with Crippen LogP contribution in [0.25, 0.3) is 0 Å². The van der Waals surface area contributed by atoms with Gasteiger partial charge in [0.05, 0.1) is 0 Å². The summed E-state index contributed by atoms with van der Waals surface area (Å²) in [6.07, 6.45) is 0. The quantitative estimate of drug-likeness (QED) is 0.398. The largest absolute Gasteiger partial charge is 0 e. The fraction of sp³-hybridized carbons (Fsp3) is 0. The molecule has 0 aromatic heterocycles. The van der Waals surface area contributed by atoms with Crippen LogP contribution in [0.3, 0.4) is 0 Å². The summed E-state index contributed by atoms with van der Waals surface area (Å²) in [5.74, 6) is 0. The summed E-state index contributed by atoms with van der Waals surface area (Å²) >= 11 is 0. The summed E-state index contributed by atoms with van der Waals surface area (Å²) in [7, 11) is 0. The van der Waals surface area contributed by atoms with E-state index in [0.29, 0.717) is 0 Å². The topological polar surface area (TPSA) is 0 Å². The summed E-state index contributed by atoms with van der Waals surface area (Å²) in [5, 5.41) is 0. The van der Waals surface area contributed by atoms with Gasteiger partial charge in [0.25, 0.3) is 0 Å². The molecule has 0 amide bonds. The van der Waals surface area contributed by atoms with Crippen molar-refractivity contribution in [1.82, 2.24) is 0 Å². The molecule has 0 rings (SSSR count). The Morgan fingerprint density at radius 2 is 1.00 bits per heavy atom. The first-order valence-corrected chi connectivity index (χ1v) is 0. The molecule has 22 valence electrons. The molecule has 4 heteroatoms. The molecule has 0 unspecified atom stereocenters. The predicted molar refractivity (Wildman–Crippen MR) is 31.2 cm³/mol. The third kappa shape index (κ3) is 8.85. The summed E-state index contributed by atoms with van der Waals surface area (Å²) in [4.78, 5) is 0. The monoisotopic (exact) mass is 336 g/mol. The van der Waals surface area contributed by atoms with Crippen molar-refractivity contribution >= 4 is 67.1 Å². The summed E-state index contributed by atoms with van der Waals surface area (Å²) in [5.41, 5.74) is 0. The van der Waals surface area contributed by atoms with Crippen LogP contribution in [0.15, 0.2) is 0 Å². The smallest absolute Gasteiger partial charge is 0 e. The van der Waals surface area contributed by atoms with Gasteiger partial charge in [-0.15, -0.1) is 0 Å². The molecule has 0 radical (unpaired) electrons. The van der Waals surface area contributed by atoms with Crippen molar-refractivity contribution in [3.8, 4) is 0 Å². The maximum absolute atomic E-state index is 0. The van der Waals surface area contributed by atoms with Crippen LogP contribution in [-0.2, 0) is 19.5 Å². The van der Waals surface area contributed by atoms with Gasteiger partial charge in [-0.05, 0) is 0 Å². The first-order chi connectivity index (χ1) is 0. The minimum Gasteiger partial charge on any atom is 0 e. The fourth-order valence-electron chi connectivity index (χ4n) is 0. The summed E-state index contributed by atoms with van der Waals surface area (Å²) in [6.45, 7) is 0. The average Bonchev–Trinajstić information content (AvgIpc) is 0. The van der Waals surface area contributed by atoms with E-state index in [9.17, 15) is 0 Å². The first kappa shape index (κ1) is 29.0. The van der Waals surface area contributed by atoms with Crippen LogP contribution in [0.1, 0.15) is 0 Å². The second-order valence-electron chi connectivity index (χ2n) is 0. The van der Waals surface area contributed by atoms with E-state index in [2.05, 4.69) is 0 Å². The fourth-order valence-corrected chi connectivity index (χ4v) is 0. The van der Waals surface area contributed by atoms with Crippen LogP contribution in [0.2, 0.25) is 0 Å². The maximum atomic E-state index is 0. The molecule has 0 atom stereocenters. The van der Waals surface area contributed by atoms with Crippen LogP contribution < -0.4 is 0 Å². The second kappa shape index (κ2) is 17.0. The van der Waals surface area contributed by atoms with Crippen LogP contribution in [0, 0.1) is 0 Å². The van der Waals surface area contributed by atoms with Crippen molar-refractivity contribution in [3.63, 3.8) is 0 Å². The van der Waals surface area contributed by atoms with Gasteiger partial charge in [0.1, 0.15) is 0 Å². The van der Waals surface area contributed by atoms with Gasteiger partial charge in [-0.2, -0.15) is 0 Å². The van der Waals surface area contributed by atoms with Gasteiger partial charge < -0.3 is 0 Å². The van der Waals surface area contributed by atoms with Crippen molar-refractivity contribution in [3.05, 3.63) is 0 Å². The minimum absolute atomic E-state index is 0. The SMILES string of the molecule is [AlH3].[InH3].[SnH4].[Zn].